The molecule has 2 aromatic heterocycles. The van der Waals surface area contributed by atoms with Crippen molar-refractivity contribution in [2.24, 2.45) is 0 Å². The molecule has 1 aromatic carbocycles. The quantitative estimate of drug-likeness (QED) is 0.714. The van der Waals surface area contributed by atoms with E-state index in [0.29, 0.717) is 6.54 Å². The molecule has 21 heavy (non-hydrogen) atoms. The zero-order valence-corrected chi connectivity index (χ0v) is 14.0. The highest BCUT2D eigenvalue weighted by Crippen LogP contribution is 2.25. The largest absolute Gasteiger partial charge is 0.358 e. The minimum atomic E-state index is 0.00340. The van der Waals surface area contributed by atoms with Crippen molar-refractivity contribution in [1.29, 1.82) is 0 Å². The second-order valence-electron chi connectivity index (χ2n) is 4.90. The molecular weight excluding hydrogens is 348 g/mol. The molecule has 0 fully saturated rings. The van der Waals surface area contributed by atoms with Gasteiger partial charge in [-0.2, -0.15) is 0 Å². The number of rotatable bonds is 4. The van der Waals surface area contributed by atoms with E-state index in [1.54, 1.807) is 0 Å². The first kappa shape index (κ1) is 14.4. The summed E-state index contributed by atoms with van der Waals surface area (Å²) in [6.45, 7) is 2.71. The van der Waals surface area contributed by atoms with Crippen LogP contribution >= 0.6 is 27.3 Å². The Bertz CT molecular complexity index is 777. The van der Waals surface area contributed by atoms with Crippen LogP contribution in [0.15, 0.2) is 40.2 Å². The summed E-state index contributed by atoms with van der Waals surface area (Å²) < 4.78 is 1.07. The highest BCUT2D eigenvalue weighted by atomic mass is 79.9. The minimum Gasteiger partial charge on any atom is -0.358 e. The molecule has 0 aliphatic rings. The first-order valence-corrected chi connectivity index (χ1v) is 8.41. The minimum absolute atomic E-state index is 0.00340. The molecule has 0 aliphatic carbocycles. The van der Waals surface area contributed by atoms with Crippen LogP contribution < -0.4 is 5.32 Å². The van der Waals surface area contributed by atoms with Gasteiger partial charge >= 0.3 is 0 Å². The lowest BCUT2D eigenvalue weighted by atomic mass is 10.1. The summed E-state index contributed by atoms with van der Waals surface area (Å²) in [7, 11) is 0. The molecule has 0 saturated heterocycles. The van der Waals surface area contributed by atoms with Gasteiger partial charge in [0.25, 0.3) is 5.91 Å². The highest BCUT2D eigenvalue weighted by Gasteiger charge is 2.10. The Hall–Kier alpha value is -1.59. The number of halogens is 1. The van der Waals surface area contributed by atoms with Crippen LogP contribution in [0.25, 0.3) is 10.9 Å². The van der Waals surface area contributed by atoms with Crippen molar-refractivity contribution < 1.29 is 4.79 Å². The van der Waals surface area contributed by atoms with Crippen LogP contribution in [-0.2, 0) is 6.42 Å². The summed E-state index contributed by atoms with van der Waals surface area (Å²) in [6, 6.07) is 9.95. The average molecular weight is 363 g/mol. The van der Waals surface area contributed by atoms with Crippen LogP contribution in [0.4, 0.5) is 0 Å². The molecule has 108 valence electrons. The number of carbonyl (C=O) groups excluding carboxylic acids is 1. The second kappa shape index (κ2) is 6.03. The van der Waals surface area contributed by atoms with Crippen molar-refractivity contribution in [2.45, 2.75) is 13.3 Å². The number of hydrogen-bond donors (Lipinski definition) is 2. The normalized spacial score (nSPS) is 11.0. The number of aromatic amines is 1. The molecule has 1 amide bonds. The Morgan fingerprint density at radius 2 is 2.24 bits per heavy atom. The summed E-state index contributed by atoms with van der Waals surface area (Å²) in [6.07, 6.45) is 0.819. The fourth-order valence-corrected chi connectivity index (χ4v) is 3.47. The number of hydrogen-bond acceptors (Lipinski definition) is 2. The Morgan fingerprint density at radius 1 is 1.38 bits per heavy atom. The summed E-state index contributed by atoms with van der Waals surface area (Å²) in [5.74, 6) is 0.00340. The van der Waals surface area contributed by atoms with Crippen LogP contribution in [0.1, 0.15) is 20.9 Å². The summed E-state index contributed by atoms with van der Waals surface area (Å²) in [5, 5.41) is 6.10. The van der Waals surface area contributed by atoms with E-state index in [-0.39, 0.29) is 5.91 Å². The van der Waals surface area contributed by atoms with Crippen molar-refractivity contribution >= 4 is 44.1 Å². The van der Waals surface area contributed by atoms with Gasteiger partial charge in [0.15, 0.2) is 0 Å². The first-order chi connectivity index (χ1) is 10.1. The van der Waals surface area contributed by atoms with Crippen LogP contribution in [0.3, 0.4) is 0 Å². The Morgan fingerprint density at radius 3 is 3.00 bits per heavy atom. The van der Waals surface area contributed by atoms with Gasteiger partial charge in [-0.05, 0) is 48.6 Å². The number of aryl methyl sites for hydroxylation is 1. The van der Waals surface area contributed by atoms with Gasteiger partial charge in [-0.25, -0.2) is 0 Å². The molecule has 2 N–H and O–H groups in total. The van der Waals surface area contributed by atoms with Crippen molar-refractivity contribution in [2.75, 3.05) is 6.54 Å². The zero-order valence-electron chi connectivity index (χ0n) is 11.6. The number of carbonyl (C=O) groups is 1. The number of amides is 1. The SMILES string of the molecule is Cc1[nH]c2ccc(Br)cc2c1CCNC(=O)c1cccs1. The second-order valence-corrected chi connectivity index (χ2v) is 6.77. The molecule has 2 heterocycles. The van der Waals surface area contributed by atoms with Gasteiger partial charge in [0.05, 0.1) is 4.88 Å². The van der Waals surface area contributed by atoms with E-state index in [9.17, 15) is 4.79 Å². The number of fused-ring (bicyclic) bond motifs is 1. The molecule has 0 aliphatic heterocycles. The standard InChI is InChI=1S/C16H15BrN2OS/c1-10-12(13-9-11(17)4-5-14(13)19-10)6-7-18-16(20)15-3-2-8-21-15/h2-5,8-9,19H,6-7H2,1H3,(H,18,20). The Kier molecular flexibility index (Phi) is 4.12. The van der Waals surface area contributed by atoms with Gasteiger partial charge in [-0.3, -0.25) is 4.79 Å². The van der Waals surface area contributed by atoms with Gasteiger partial charge in [-0.1, -0.05) is 22.0 Å². The van der Waals surface area contributed by atoms with Crippen molar-refractivity contribution in [1.82, 2.24) is 10.3 Å². The zero-order chi connectivity index (χ0) is 14.8. The van der Waals surface area contributed by atoms with Gasteiger partial charge in [0, 0.05) is 27.6 Å². The van der Waals surface area contributed by atoms with Crippen LogP contribution in [-0.4, -0.2) is 17.4 Å². The third-order valence-electron chi connectivity index (χ3n) is 3.49. The average Bonchev–Trinajstić information content (AvgIpc) is 3.08. The van der Waals surface area contributed by atoms with Crippen molar-refractivity contribution in [3.63, 3.8) is 0 Å². The highest BCUT2D eigenvalue weighted by molar-refractivity contribution is 9.10. The number of benzene rings is 1. The lowest BCUT2D eigenvalue weighted by Gasteiger charge is -2.04. The molecule has 0 atom stereocenters. The number of nitrogens with one attached hydrogen (secondary N) is 2. The third-order valence-corrected chi connectivity index (χ3v) is 4.85. The third kappa shape index (κ3) is 3.04. The van der Waals surface area contributed by atoms with E-state index < -0.39 is 0 Å². The maximum Gasteiger partial charge on any atom is 0.261 e. The number of aromatic nitrogens is 1. The maximum absolute atomic E-state index is 11.9. The molecule has 0 unspecified atom stereocenters. The lowest BCUT2D eigenvalue weighted by molar-refractivity contribution is 0.0958. The predicted molar refractivity (Wildman–Crippen MR) is 91.1 cm³/mol. The Balaban J connectivity index is 1.72. The predicted octanol–water partition coefficient (Wildman–Crippen LogP) is 4.27. The van der Waals surface area contributed by atoms with E-state index in [1.165, 1.54) is 22.3 Å². The summed E-state index contributed by atoms with van der Waals surface area (Å²) in [4.78, 5) is 16.1. The van der Waals surface area contributed by atoms with Crippen molar-refractivity contribution in [3.8, 4) is 0 Å². The van der Waals surface area contributed by atoms with Crippen LogP contribution in [0.5, 0.6) is 0 Å². The van der Waals surface area contributed by atoms with Gasteiger partial charge in [0.2, 0.25) is 0 Å². The summed E-state index contributed by atoms with van der Waals surface area (Å²) >= 11 is 4.97. The topological polar surface area (TPSA) is 44.9 Å². The van der Waals surface area contributed by atoms with Crippen LogP contribution in [0.2, 0.25) is 0 Å². The fourth-order valence-electron chi connectivity index (χ4n) is 2.47. The van der Waals surface area contributed by atoms with E-state index in [0.717, 1.165) is 27.0 Å². The molecule has 0 spiro atoms. The van der Waals surface area contributed by atoms with E-state index >= 15 is 0 Å². The van der Waals surface area contributed by atoms with Gasteiger partial charge < -0.3 is 10.3 Å². The molecular formula is C16H15BrN2OS. The van der Waals surface area contributed by atoms with Gasteiger partial charge in [0.1, 0.15) is 0 Å². The maximum atomic E-state index is 11.9. The molecule has 5 heteroatoms. The smallest absolute Gasteiger partial charge is 0.261 e. The molecule has 3 rings (SSSR count). The van der Waals surface area contributed by atoms with E-state index in [4.69, 9.17) is 0 Å². The monoisotopic (exact) mass is 362 g/mol. The van der Waals surface area contributed by atoms with E-state index in [1.807, 2.05) is 23.6 Å². The molecule has 0 bridgehead atoms. The molecule has 3 aromatic rings. The molecule has 0 radical (unpaired) electrons. The molecule has 3 nitrogen and oxygen atoms in total. The van der Waals surface area contributed by atoms with E-state index in [2.05, 4.69) is 45.3 Å². The lowest BCUT2D eigenvalue weighted by Crippen LogP contribution is -2.24. The summed E-state index contributed by atoms with van der Waals surface area (Å²) in [5.41, 5.74) is 3.56. The van der Waals surface area contributed by atoms with Crippen LogP contribution in [0, 0.1) is 6.92 Å². The first-order valence-electron chi connectivity index (χ1n) is 6.73. The molecule has 0 saturated carbocycles. The van der Waals surface area contributed by atoms with Gasteiger partial charge in [-0.15, -0.1) is 11.3 Å². The fraction of sp³-hybridized carbons (Fsp3) is 0.188. The van der Waals surface area contributed by atoms with Crippen molar-refractivity contribution in [3.05, 3.63) is 56.3 Å². The number of thiophene rings is 1. The number of H-pyrrole nitrogens is 1. The Labute approximate surface area is 135 Å².